The van der Waals surface area contributed by atoms with Crippen LogP contribution in [-0.2, 0) is 6.54 Å². The van der Waals surface area contributed by atoms with Crippen molar-refractivity contribution in [1.29, 1.82) is 0 Å². The standard InChI is InChI=1S/C18H23N5/c1-13(2)9-10-20-17-7-8-18-21-12-16(23(18)22-17)15-5-3-14(11-19)4-6-15/h3-8,12-13H,9-11,19H2,1-2H3,(H,20,22). The van der Waals surface area contributed by atoms with Gasteiger partial charge in [-0.25, -0.2) is 9.50 Å². The molecule has 0 spiro atoms. The van der Waals surface area contributed by atoms with E-state index in [1.54, 1.807) is 0 Å². The largest absolute Gasteiger partial charge is 0.369 e. The van der Waals surface area contributed by atoms with Gasteiger partial charge in [-0.3, -0.25) is 0 Å². The highest BCUT2D eigenvalue weighted by atomic mass is 15.3. The summed E-state index contributed by atoms with van der Waals surface area (Å²) in [6.07, 6.45) is 2.98. The van der Waals surface area contributed by atoms with E-state index in [0.29, 0.717) is 12.5 Å². The lowest BCUT2D eigenvalue weighted by Gasteiger charge is -2.08. The molecule has 0 atom stereocenters. The molecule has 0 aliphatic carbocycles. The Morgan fingerprint density at radius 2 is 1.91 bits per heavy atom. The van der Waals surface area contributed by atoms with E-state index in [-0.39, 0.29) is 0 Å². The quantitative estimate of drug-likeness (QED) is 0.733. The van der Waals surface area contributed by atoms with Gasteiger partial charge >= 0.3 is 0 Å². The van der Waals surface area contributed by atoms with Crippen LogP contribution in [-0.4, -0.2) is 21.1 Å². The third kappa shape index (κ3) is 3.51. The molecule has 0 fully saturated rings. The van der Waals surface area contributed by atoms with Crippen LogP contribution in [0.5, 0.6) is 0 Å². The van der Waals surface area contributed by atoms with Crippen molar-refractivity contribution in [2.75, 3.05) is 11.9 Å². The molecule has 23 heavy (non-hydrogen) atoms. The first-order valence-corrected chi connectivity index (χ1v) is 8.05. The van der Waals surface area contributed by atoms with Crippen LogP contribution in [0.4, 0.5) is 5.82 Å². The average molecular weight is 309 g/mol. The van der Waals surface area contributed by atoms with Gasteiger partial charge in [0.15, 0.2) is 5.65 Å². The zero-order valence-corrected chi connectivity index (χ0v) is 13.7. The highest BCUT2D eigenvalue weighted by Gasteiger charge is 2.08. The maximum Gasteiger partial charge on any atom is 0.154 e. The Balaban J connectivity index is 1.88. The predicted octanol–water partition coefficient (Wildman–Crippen LogP) is 3.31. The van der Waals surface area contributed by atoms with Crippen LogP contribution in [0.2, 0.25) is 0 Å². The number of hydrogen-bond acceptors (Lipinski definition) is 4. The van der Waals surface area contributed by atoms with Crippen molar-refractivity contribution in [3.05, 3.63) is 48.2 Å². The van der Waals surface area contributed by atoms with Crippen LogP contribution in [0.1, 0.15) is 25.8 Å². The topological polar surface area (TPSA) is 68.2 Å². The minimum Gasteiger partial charge on any atom is -0.369 e. The number of hydrogen-bond donors (Lipinski definition) is 2. The van der Waals surface area contributed by atoms with E-state index in [2.05, 4.69) is 41.4 Å². The summed E-state index contributed by atoms with van der Waals surface area (Å²) in [4.78, 5) is 4.44. The first kappa shape index (κ1) is 15.5. The van der Waals surface area contributed by atoms with Gasteiger partial charge in [-0.05, 0) is 30.0 Å². The Hall–Kier alpha value is -2.40. The fourth-order valence-electron chi connectivity index (χ4n) is 2.46. The summed E-state index contributed by atoms with van der Waals surface area (Å²) in [6.45, 7) is 5.91. The van der Waals surface area contributed by atoms with Crippen molar-refractivity contribution in [3.8, 4) is 11.3 Å². The maximum atomic E-state index is 5.66. The van der Waals surface area contributed by atoms with E-state index in [4.69, 9.17) is 5.73 Å². The molecule has 0 saturated carbocycles. The van der Waals surface area contributed by atoms with E-state index >= 15 is 0 Å². The van der Waals surface area contributed by atoms with Gasteiger partial charge < -0.3 is 11.1 Å². The molecule has 0 unspecified atom stereocenters. The number of nitrogens with two attached hydrogens (primary N) is 1. The van der Waals surface area contributed by atoms with Crippen molar-refractivity contribution < 1.29 is 0 Å². The highest BCUT2D eigenvalue weighted by Crippen LogP contribution is 2.21. The fraction of sp³-hybridized carbons (Fsp3) is 0.333. The normalized spacial score (nSPS) is 11.3. The van der Waals surface area contributed by atoms with Crippen LogP contribution in [0, 0.1) is 5.92 Å². The fourth-order valence-corrected chi connectivity index (χ4v) is 2.46. The Morgan fingerprint density at radius 3 is 2.61 bits per heavy atom. The van der Waals surface area contributed by atoms with Crippen LogP contribution in [0.15, 0.2) is 42.6 Å². The van der Waals surface area contributed by atoms with Gasteiger partial charge in [-0.2, -0.15) is 0 Å². The summed E-state index contributed by atoms with van der Waals surface area (Å²) in [7, 11) is 0. The second-order valence-corrected chi connectivity index (χ2v) is 6.14. The molecule has 3 aromatic rings. The van der Waals surface area contributed by atoms with Gasteiger partial charge in [0.05, 0.1) is 11.9 Å². The summed E-state index contributed by atoms with van der Waals surface area (Å²) in [5, 5.41) is 8.05. The maximum absolute atomic E-state index is 5.66. The molecule has 0 saturated heterocycles. The molecule has 2 aromatic heterocycles. The summed E-state index contributed by atoms with van der Waals surface area (Å²) in [6, 6.07) is 12.2. The second kappa shape index (κ2) is 6.79. The number of aromatic nitrogens is 3. The predicted molar refractivity (Wildman–Crippen MR) is 94.3 cm³/mol. The second-order valence-electron chi connectivity index (χ2n) is 6.14. The van der Waals surface area contributed by atoms with Gasteiger partial charge in [-0.1, -0.05) is 38.1 Å². The van der Waals surface area contributed by atoms with Crippen LogP contribution in [0.3, 0.4) is 0 Å². The zero-order valence-electron chi connectivity index (χ0n) is 13.7. The third-order valence-corrected chi connectivity index (χ3v) is 3.88. The SMILES string of the molecule is CC(C)CCNc1ccc2ncc(-c3ccc(CN)cc3)n2n1. The molecule has 1 aromatic carbocycles. The molecular formula is C18H23N5. The number of nitrogens with zero attached hydrogens (tertiary/aromatic N) is 3. The Kier molecular flexibility index (Phi) is 4.57. The van der Waals surface area contributed by atoms with Gasteiger partial charge in [0, 0.05) is 18.7 Å². The van der Waals surface area contributed by atoms with E-state index in [0.717, 1.165) is 41.3 Å². The molecule has 0 bridgehead atoms. The number of rotatable bonds is 6. The van der Waals surface area contributed by atoms with Gasteiger partial charge in [0.1, 0.15) is 5.82 Å². The van der Waals surface area contributed by atoms with E-state index in [1.165, 1.54) is 0 Å². The van der Waals surface area contributed by atoms with Gasteiger partial charge in [0.2, 0.25) is 0 Å². The lowest BCUT2D eigenvalue weighted by molar-refractivity contribution is 0.606. The first-order chi connectivity index (χ1) is 11.2. The molecule has 5 heteroatoms. The molecule has 0 aliphatic rings. The van der Waals surface area contributed by atoms with Crippen molar-refractivity contribution in [1.82, 2.24) is 14.6 Å². The molecule has 0 radical (unpaired) electrons. The Bertz CT molecular complexity index is 774. The number of anilines is 1. The monoisotopic (exact) mass is 309 g/mol. The van der Waals surface area contributed by atoms with Crippen LogP contribution in [0.25, 0.3) is 16.9 Å². The molecule has 3 N–H and O–H groups in total. The summed E-state index contributed by atoms with van der Waals surface area (Å²) in [5.74, 6) is 1.55. The number of imidazole rings is 1. The third-order valence-electron chi connectivity index (χ3n) is 3.88. The molecule has 0 amide bonds. The minimum atomic E-state index is 0.551. The van der Waals surface area contributed by atoms with E-state index < -0.39 is 0 Å². The molecule has 120 valence electrons. The number of nitrogens with one attached hydrogen (secondary N) is 1. The van der Waals surface area contributed by atoms with Crippen molar-refractivity contribution in [3.63, 3.8) is 0 Å². The van der Waals surface area contributed by atoms with Crippen molar-refractivity contribution >= 4 is 11.5 Å². The molecular weight excluding hydrogens is 286 g/mol. The molecule has 2 heterocycles. The Labute approximate surface area is 136 Å². The Morgan fingerprint density at radius 1 is 1.13 bits per heavy atom. The number of benzene rings is 1. The van der Waals surface area contributed by atoms with Gasteiger partial charge in [-0.15, -0.1) is 5.10 Å². The highest BCUT2D eigenvalue weighted by molar-refractivity contribution is 5.63. The summed E-state index contributed by atoms with van der Waals surface area (Å²) >= 11 is 0. The zero-order chi connectivity index (χ0) is 16.2. The lowest BCUT2D eigenvalue weighted by atomic mass is 10.1. The van der Waals surface area contributed by atoms with Crippen molar-refractivity contribution in [2.24, 2.45) is 11.7 Å². The summed E-state index contributed by atoms with van der Waals surface area (Å²) in [5.41, 5.74) is 9.69. The molecule has 5 nitrogen and oxygen atoms in total. The van der Waals surface area contributed by atoms with Crippen LogP contribution >= 0.6 is 0 Å². The number of fused-ring (bicyclic) bond motifs is 1. The first-order valence-electron chi connectivity index (χ1n) is 8.05. The average Bonchev–Trinajstić information content (AvgIpc) is 2.98. The summed E-state index contributed by atoms with van der Waals surface area (Å²) < 4.78 is 1.88. The van der Waals surface area contributed by atoms with Crippen molar-refractivity contribution in [2.45, 2.75) is 26.8 Å². The lowest BCUT2D eigenvalue weighted by Crippen LogP contribution is -2.08. The molecule has 3 rings (SSSR count). The van der Waals surface area contributed by atoms with E-state index in [1.807, 2.05) is 35.0 Å². The smallest absolute Gasteiger partial charge is 0.154 e. The van der Waals surface area contributed by atoms with Gasteiger partial charge in [0.25, 0.3) is 0 Å². The minimum absolute atomic E-state index is 0.551. The molecule has 0 aliphatic heterocycles. The van der Waals surface area contributed by atoms with E-state index in [9.17, 15) is 0 Å². The van der Waals surface area contributed by atoms with Crippen LogP contribution < -0.4 is 11.1 Å².